The number of carbonyl (C=O) groups is 1. The molecular formula is C13H18BrNO2. The van der Waals surface area contributed by atoms with Crippen LogP contribution in [0.15, 0.2) is 30.3 Å². The summed E-state index contributed by atoms with van der Waals surface area (Å²) in [4.78, 5) is 11.6. The summed E-state index contributed by atoms with van der Waals surface area (Å²) in [6.45, 7) is 4.34. The molecule has 1 aromatic rings. The molecule has 1 rings (SSSR count). The average Bonchev–Trinajstić information content (AvgIpc) is 2.30. The monoisotopic (exact) mass is 299 g/mol. The second-order valence-corrected chi connectivity index (χ2v) is 5.04. The van der Waals surface area contributed by atoms with E-state index in [4.69, 9.17) is 4.74 Å². The van der Waals surface area contributed by atoms with Crippen molar-refractivity contribution < 1.29 is 9.53 Å². The Bertz CT molecular complexity index is 352. The van der Waals surface area contributed by atoms with Gasteiger partial charge in [0, 0.05) is 10.9 Å². The van der Waals surface area contributed by atoms with E-state index in [1.54, 1.807) is 0 Å². The van der Waals surface area contributed by atoms with E-state index >= 15 is 0 Å². The van der Waals surface area contributed by atoms with Crippen LogP contribution in [0.2, 0.25) is 0 Å². The van der Waals surface area contributed by atoms with Crippen LogP contribution in [-0.2, 0) is 4.79 Å². The van der Waals surface area contributed by atoms with E-state index in [9.17, 15) is 4.79 Å². The normalized spacial score (nSPS) is 11.0. The Morgan fingerprint density at radius 1 is 1.35 bits per heavy atom. The van der Waals surface area contributed by atoms with Gasteiger partial charge in [-0.2, -0.15) is 0 Å². The van der Waals surface area contributed by atoms with Crippen LogP contribution in [0.3, 0.4) is 0 Å². The van der Waals surface area contributed by atoms with Gasteiger partial charge in [0.15, 0.2) is 0 Å². The highest BCUT2D eigenvalue weighted by atomic mass is 79.9. The fourth-order valence-electron chi connectivity index (χ4n) is 1.25. The lowest BCUT2D eigenvalue weighted by atomic mass is 10.1. The Hall–Kier alpha value is -1.03. The molecule has 0 bridgehead atoms. The minimum absolute atomic E-state index is 0.00498. The molecule has 0 aliphatic rings. The fourth-order valence-corrected chi connectivity index (χ4v) is 1.39. The van der Waals surface area contributed by atoms with Crippen molar-refractivity contribution in [3.63, 3.8) is 0 Å². The molecule has 3 nitrogen and oxygen atoms in total. The largest absolute Gasteiger partial charge is 0.493 e. The second kappa shape index (κ2) is 6.64. The van der Waals surface area contributed by atoms with Gasteiger partial charge in [-0.1, -0.05) is 34.1 Å². The molecule has 0 aliphatic carbocycles. The van der Waals surface area contributed by atoms with Crippen LogP contribution in [-0.4, -0.2) is 23.4 Å². The third-order valence-electron chi connectivity index (χ3n) is 2.15. The Labute approximate surface area is 111 Å². The van der Waals surface area contributed by atoms with E-state index in [2.05, 4.69) is 21.2 Å². The molecule has 4 heteroatoms. The SMILES string of the molecule is CC(C)(CBr)NC(=O)CCOc1ccccc1. The van der Waals surface area contributed by atoms with Gasteiger partial charge in [-0.05, 0) is 26.0 Å². The summed E-state index contributed by atoms with van der Waals surface area (Å²) in [5, 5.41) is 3.65. The maximum absolute atomic E-state index is 11.6. The molecule has 0 fully saturated rings. The number of halogens is 1. The van der Waals surface area contributed by atoms with Crippen LogP contribution in [0, 0.1) is 0 Å². The lowest BCUT2D eigenvalue weighted by molar-refractivity contribution is -0.122. The quantitative estimate of drug-likeness (QED) is 0.820. The van der Waals surface area contributed by atoms with Crippen LogP contribution in [0.25, 0.3) is 0 Å². The number of nitrogens with one attached hydrogen (secondary N) is 1. The minimum atomic E-state index is -0.218. The number of para-hydroxylation sites is 1. The van der Waals surface area contributed by atoms with Crippen molar-refractivity contribution in [1.82, 2.24) is 5.32 Å². The first-order chi connectivity index (χ1) is 8.03. The van der Waals surface area contributed by atoms with E-state index in [1.165, 1.54) is 0 Å². The number of alkyl halides is 1. The van der Waals surface area contributed by atoms with Crippen LogP contribution < -0.4 is 10.1 Å². The Morgan fingerprint density at radius 2 is 2.00 bits per heavy atom. The first kappa shape index (κ1) is 14.0. The Kier molecular flexibility index (Phi) is 5.48. The third kappa shape index (κ3) is 5.73. The molecule has 0 atom stereocenters. The predicted molar refractivity (Wildman–Crippen MR) is 72.6 cm³/mol. The second-order valence-electron chi connectivity index (χ2n) is 4.48. The van der Waals surface area contributed by atoms with Gasteiger partial charge in [-0.15, -0.1) is 0 Å². The van der Waals surface area contributed by atoms with E-state index in [0.29, 0.717) is 13.0 Å². The number of carbonyl (C=O) groups excluding carboxylic acids is 1. The third-order valence-corrected chi connectivity index (χ3v) is 3.55. The zero-order valence-electron chi connectivity index (χ0n) is 10.2. The van der Waals surface area contributed by atoms with E-state index in [-0.39, 0.29) is 11.4 Å². The zero-order valence-corrected chi connectivity index (χ0v) is 11.8. The maximum atomic E-state index is 11.6. The molecule has 0 saturated carbocycles. The predicted octanol–water partition coefficient (Wildman–Crippen LogP) is 2.75. The number of benzene rings is 1. The molecule has 1 aromatic carbocycles. The molecule has 0 aliphatic heterocycles. The van der Waals surface area contributed by atoms with Crippen LogP contribution in [0.1, 0.15) is 20.3 Å². The summed E-state index contributed by atoms with van der Waals surface area (Å²) in [6.07, 6.45) is 0.366. The first-order valence-electron chi connectivity index (χ1n) is 5.58. The lowest BCUT2D eigenvalue weighted by Gasteiger charge is -2.23. The topological polar surface area (TPSA) is 38.3 Å². The number of rotatable bonds is 6. The molecule has 0 aromatic heterocycles. The number of hydrogen-bond donors (Lipinski definition) is 1. The fraction of sp³-hybridized carbons (Fsp3) is 0.462. The highest BCUT2D eigenvalue weighted by Crippen LogP contribution is 2.09. The Balaban J connectivity index is 2.25. The highest BCUT2D eigenvalue weighted by Gasteiger charge is 2.18. The van der Waals surface area contributed by atoms with Crippen molar-refractivity contribution in [1.29, 1.82) is 0 Å². The number of amides is 1. The van der Waals surface area contributed by atoms with Crippen molar-refractivity contribution in [3.05, 3.63) is 30.3 Å². The number of hydrogen-bond acceptors (Lipinski definition) is 2. The summed E-state index contributed by atoms with van der Waals surface area (Å²) in [5.41, 5.74) is -0.218. The minimum Gasteiger partial charge on any atom is -0.493 e. The summed E-state index contributed by atoms with van der Waals surface area (Å²) >= 11 is 3.36. The summed E-state index contributed by atoms with van der Waals surface area (Å²) < 4.78 is 5.45. The summed E-state index contributed by atoms with van der Waals surface area (Å²) in [7, 11) is 0. The van der Waals surface area contributed by atoms with Gasteiger partial charge in [-0.3, -0.25) is 4.79 Å². The molecule has 17 heavy (non-hydrogen) atoms. The molecule has 0 saturated heterocycles. The standard InChI is InChI=1S/C13H18BrNO2/c1-13(2,10-14)15-12(16)8-9-17-11-6-4-3-5-7-11/h3-7H,8-10H2,1-2H3,(H,15,16). The van der Waals surface area contributed by atoms with Crippen molar-refractivity contribution in [2.45, 2.75) is 25.8 Å². The van der Waals surface area contributed by atoms with Crippen molar-refractivity contribution in [3.8, 4) is 5.75 Å². The molecule has 94 valence electrons. The molecular weight excluding hydrogens is 282 g/mol. The molecule has 0 unspecified atom stereocenters. The van der Waals surface area contributed by atoms with Crippen LogP contribution in [0.5, 0.6) is 5.75 Å². The van der Waals surface area contributed by atoms with Crippen molar-refractivity contribution in [2.75, 3.05) is 11.9 Å². The summed E-state index contributed by atoms with van der Waals surface area (Å²) in [5.74, 6) is 0.797. The molecule has 0 heterocycles. The van der Waals surface area contributed by atoms with Gasteiger partial charge in [0.05, 0.1) is 13.0 Å². The summed E-state index contributed by atoms with van der Waals surface area (Å²) in [6, 6.07) is 9.49. The molecule has 0 spiro atoms. The smallest absolute Gasteiger partial charge is 0.223 e. The van der Waals surface area contributed by atoms with Gasteiger partial charge < -0.3 is 10.1 Å². The molecule has 1 amide bonds. The van der Waals surface area contributed by atoms with Crippen LogP contribution >= 0.6 is 15.9 Å². The van der Waals surface area contributed by atoms with Crippen molar-refractivity contribution in [2.24, 2.45) is 0 Å². The lowest BCUT2D eigenvalue weighted by Crippen LogP contribution is -2.45. The zero-order chi connectivity index (χ0) is 12.7. The van der Waals surface area contributed by atoms with Crippen LogP contribution in [0.4, 0.5) is 0 Å². The maximum Gasteiger partial charge on any atom is 0.223 e. The van der Waals surface area contributed by atoms with Gasteiger partial charge in [0.25, 0.3) is 0 Å². The van der Waals surface area contributed by atoms with Gasteiger partial charge in [-0.25, -0.2) is 0 Å². The highest BCUT2D eigenvalue weighted by molar-refractivity contribution is 9.09. The van der Waals surface area contributed by atoms with Gasteiger partial charge >= 0.3 is 0 Å². The first-order valence-corrected chi connectivity index (χ1v) is 6.70. The van der Waals surface area contributed by atoms with Gasteiger partial charge in [0.2, 0.25) is 5.91 Å². The van der Waals surface area contributed by atoms with Gasteiger partial charge in [0.1, 0.15) is 5.75 Å². The Morgan fingerprint density at radius 3 is 2.59 bits per heavy atom. The average molecular weight is 300 g/mol. The number of ether oxygens (including phenoxy) is 1. The molecule has 1 N–H and O–H groups in total. The van der Waals surface area contributed by atoms with E-state index in [0.717, 1.165) is 11.1 Å². The molecule has 0 radical (unpaired) electrons. The van der Waals surface area contributed by atoms with E-state index < -0.39 is 0 Å². The van der Waals surface area contributed by atoms with Crippen molar-refractivity contribution >= 4 is 21.8 Å². The van der Waals surface area contributed by atoms with E-state index in [1.807, 2.05) is 44.2 Å².